The Morgan fingerprint density at radius 2 is 0.899 bits per heavy atom. The molecule has 0 aliphatic carbocycles. The van der Waals surface area contributed by atoms with Gasteiger partial charge in [0.05, 0.1) is 22.3 Å². The number of fused-ring (bicyclic) bond motifs is 14. The number of aliphatic carboxylic acids is 2. The quantitative estimate of drug-likeness (QED) is 0.130. The number of amidine groups is 4. The smallest absolute Gasteiger partial charge is 0.480 e. The molecular formula is C46H42N8O18S4Si3. The van der Waals surface area contributed by atoms with Gasteiger partial charge in [0.15, 0.2) is 71.2 Å². The molecule has 6 bridgehead atoms. The standard InChI is InChI=1S/C46H42N8O18S4Si3/c1-73(61,62)45(59)69-23-9-13-27-31(17-23)39-47-37(27)50-44-34-20-26(76(67,68)22-36(57)58)12-16-30(34)42-52-40-32-19-25(75(65,66)21-35(55)56)11-15-28(32)38(48-40)49-43-33-18-24(70-46(60)74(2,63)64)10-14-29(33)41(51-39)53(43)79(54(42)44,71-77(3,4)5)72-78(6,7)8/h9-20H,21-22H2,1-8H3,(H,55,56)(H,57,58)/b49-38-,49-43?,50-37?,50-44-,51-39-,51-41?,52-40?,52-42-. The summed E-state index contributed by atoms with van der Waals surface area (Å²) in [6, 6.07) is 15.4. The first-order valence-electron chi connectivity index (χ1n) is 23.1. The first kappa shape index (κ1) is 54.8. The van der Waals surface area contributed by atoms with Crippen molar-refractivity contribution >= 4 is 144 Å². The second kappa shape index (κ2) is 18.3. The average molecular weight is 1210 g/mol. The van der Waals surface area contributed by atoms with Crippen LogP contribution in [0.3, 0.4) is 0 Å². The van der Waals surface area contributed by atoms with Crippen LogP contribution in [0, 0.1) is 0 Å². The number of carbonyl (C=O) groups is 4. The minimum absolute atomic E-state index is 0.0128. The van der Waals surface area contributed by atoms with E-state index in [9.17, 15) is 63.1 Å². The van der Waals surface area contributed by atoms with E-state index in [0.717, 1.165) is 12.1 Å². The van der Waals surface area contributed by atoms with Gasteiger partial charge in [-0.3, -0.25) is 18.1 Å². The van der Waals surface area contributed by atoms with Crippen LogP contribution in [0.25, 0.3) is 21.5 Å². The van der Waals surface area contributed by atoms with E-state index in [1.165, 1.54) is 64.9 Å². The van der Waals surface area contributed by atoms with Gasteiger partial charge in [-0.25, -0.2) is 73.2 Å². The number of nitrogens with zero attached hydrogens (tertiary/aromatic N) is 8. The molecule has 410 valence electrons. The van der Waals surface area contributed by atoms with Gasteiger partial charge in [-0.2, -0.15) is 0 Å². The molecule has 2 N–H and O–H groups in total. The fourth-order valence-electron chi connectivity index (χ4n) is 8.91. The largest absolute Gasteiger partial charge is 0.582 e. The Labute approximate surface area is 451 Å². The number of ether oxygens (including phenoxy) is 2. The van der Waals surface area contributed by atoms with Gasteiger partial charge >= 0.3 is 31.4 Å². The molecule has 4 aliphatic rings. The molecule has 6 aromatic rings. The molecule has 0 fully saturated rings. The van der Waals surface area contributed by atoms with E-state index >= 15 is 0 Å². The number of hydrogen-bond donors (Lipinski definition) is 2. The van der Waals surface area contributed by atoms with Crippen molar-refractivity contribution < 1.29 is 80.8 Å². The molecule has 4 aliphatic heterocycles. The number of aromatic nitrogens is 2. The summed E-state index contributed by atoms with van der Waals surface area (Å²) in [5, 5.41) is 16.5. The third kappa shape index (κ3) is 9.93. The highest BCUT2D eigenvalue weighted by Gasteiger charge is 2.57. The lowest BCUT2D eigenvalue weighted by Crippen LogP contribution is -2.69. The van der Waals surface area contributed by atoms with E-state index in [-0.39, 0.29) is 101 Å². The molecule has 2 aromatic heterocycles. The third-order valence-electron chi connectivity index (χ3n) is 11.8. The number of aliphatic imine (C=N–C) groups is 4. The summed E-state index contributed by atoms with van der Waals surface area (Å²) >= 11 is 0. The van der Waals surface area contributed by atoms with E-state index in [1.54, 1.807) is 4.23 Å². The average Bonchev–Trinajstić information content (AvgIpc) is 3.89. The molecule has 33 heteroatoms. The molecule has 0 unspecified atom stereocenters. The van der Waals surface area contributed by atoms with Gasteiger partial charge in [-0.1, -0.05) is 0 Å². The Hall–Kier alpha value is -7.51. The van der Waals surface area contributed by atoms with E-state index in [4.69, 9.17) is 47.7 Å². The van der Waals surface area contributed by atoms with Gasteiger partial charge in [0.2, 0.25) is 19.7 Å². The van der Waals surface area contributed by atoms with E-state index in [1.807, 2.05) is 39.3 Å². The van der Waals surface area contributed by atoms with Crippen LogP contribution in [-0.2, 0) is 57.2 Å². The number of benzene rings is 4. The van der Waals surface area contributed by atoms with Crippen molar-refractivity contribution in [1.29, 1.82) is 0 Å². The lowest BCUT2D eigenvalue weighted by Gasteiger charge is -2.41. The first-order valence-corrected chi connectivity index (χ1v) is 38.7. The van der Waals surface area contributed by atoms with Gasteiger partial charge < -0.3 is 27.9 Å². The normalized spacial score (nSPS) is 17.8. The Morgan fingerprint density at radius 3 is 1.43 bits per heavy atom. The maximum absolute atomic E-state index is 13.9. The number of rotatable bonds is 12. The highest BCUT2D eigenvalue weighted by atomic mass is 32.2. The lowest BCUT2D eigenvalue weighted by molar-refractivity contribution is -0.135. The highest BCUT2D eigenvalue weighted by molar-refractivity contribution is 8.05. The maximum Gasteiger partial charge on any atom is 0.582 e. The zero-order valence-electron chi connectivity index (χ0n) is 42.5. The van der Waals surface area contributed by atoms with Crippen LogP contribution in [0.4, 0.5) is 21.2 Å². The monoisotopic (exact) mass is 1210 g/mol. The van der Waals surface area contributed by atoms with Crippen LogP contribution in [0.1, 0.15) is 22.3 Å². The summed E-state index contributed by atoms with van der Waals surface area (Å²) in [5.41, 5.74) is 0.230. The number of carboxylic acid groups (broad SMARTS) is 2. The highest BCUT2D eigenvalue weighted by Crippen LogP contribution is 2.46. The minimum atomic E-state index is -5.06. The van der Waals surface area contributed by atoms with Gasteiger partial charge in [-0.05, 0) is 112 Å². The molecule has 0 radical (unpaired) electrons. The minimum Gasteiger partial charge on any atom is -0.480 e. The fourth-order valence-corrected chi connectivity index (χ4v) is 21.9. The SMILES string of the molecule is C[Si](C)(C)O[Si]1(O[Si](C)(C)C)n2c3c4cc(OC(=O)S(C)(=O)=O)ccc4c2/N=C2N=C(/N=c4/c5cc(S(=O)(=O)CC(=O)O)ccc5/c(n41)=N/C1=NC(=N\3)/c3ccc(S(=O)(=O)CC(=O)O)cc31)c1ccc(OC(=O)S(C)(=O)=O)cc1\2. The summed E-state index contributed by atoms with van der Waals surface area (Å²) in [5.74, 6) is -7.24. The lowest BCUT2D eigenvalue weighted by atomic mass is 10.1. The van der Waals surface area contributed by atoms with Crippen LogP contribution in [0.5, 0.6) is 11.5 Å². The van der Waals surface area contributed by atoms with Crippen LogP contribution < -0.4 is 20.4 Å². The molecule has 79 heavy (non-hydrogen) atoms. The molecule has 26 nitrogen and oxygen atoms in total. The van der Waals surface area contributed by atoms with Crippen LogP contribution >= 0.6 is 0 Å². The number of carboxylic acids is 2. The predicted octanol–water partition coefficient (Wildman–Crippen LogP) is 3.88. The summed E-state index contributed by atoms with van der Waals surface area (Å²) in [6.07, 6.45) is 1.32. The van der Waals surface area contributed by atoms with Crippen molar-refractivity contribution in [3.05, 3.63) is 106 Å². The molecule has 0 atom stereocenters. The third-order valence-corrected chi connectivity index (χ3v) is 25.4. The zero-order valence-corrected chi connectivity index (χ0v) is 48.7. The van der Waals surface area contributed by atoms with Crippen molar-refractivity contribution in [3.63, 3.8) is 0 Å². The van der Waals surface area contributed by atoms with Crippen molar-refractivity contribution in [1.82, 2.24) is 8.47 Å². The van der Waals surface area contributed by atoms with Crippen molar-refractivity contribution in [3.8, 4) is 11.5 Å². The molecule has 0 saturated carbocycles. The van der Waals surface area contributed by atoms with Crippen molar-refractivity contribution in [2.45, 2.75) is 49.1 Å². The first-order chi connectivity index (χ1) is 36.5. The number of sulfone groups is 4. The van der Waals surface area contributed by atoms with Crippen molar-refractivity contribution in [2.75, 3.05) is 24.0 Å². The van der Waals surface area contributed by atoms with Crippen LogP contribution in [0.15, 0.2) is 113 Å². The van der Waals surface area contributed by atoms with Gasteiger partial charge in [-0.15, -0.1) is 0 Å². The number of carbonyl (C=O) groups excluding carboxylic acids is 2. The molecular weight excluding hydrogens is 1170 g/mol. The predicted molar refractivity (Wildman–Crippen MR) is 291 cm³/mol. The second-order valence-corrected chi connectivity index (χ2v) is 40.1. The summed E-state index contributed by atoms with van der Waals surface area (Å²) in [4.78, 5) is 79.2. The number of hydrogen-bond acceptors (Lipinski definition) is 22. The fraction of sp³-hybridized carbons (Fsp3) is 0.217. The molecule has 0 spiro atoms. The van der Waals surface area contributed by atoms with Gasteiger partial charge in [0.25, 0.3) is 0 Å². The Bertz CT molecular complexity index is 4600. The van der Waals surface area contributed by atoms with E-state index < -0.39 is 109 Å². The van der Waals surface area contributed by atoms with Crippen LogP contribution in [-0.4, -0.2) is 148 Å². The van der Waals surface area contributed by atoms with Crippen LogP contribution in [0.2, 0.25) is 39.3 Å². The Kier molecular flexibility index (Phi) is 12.7. The molecule has 0 saturated heterocycles. The Morgan fingerprint density at radius 1 is 0.481 bits per heavy atom. The summed E-state index contributed by atoms with van der Waals surface area (Å²) < 4.78 is 134. The van der Waals surface area contributed by atoms with E-state index in [0.29, 0.717) is 12.5 Å². The van der Waals surface area contributed by atoms with E-state index in [2.05, 4.69) is 0 Å². The molecule has 6 heterocycles. The van der Waals surface area contributed by atoms with Gasteiger partial charge in [0.1, 0.15) is 34.1 Å². The van der Waals surface area contributed by atoms with Crippen molar-refractivity contribution in [2.24, 2.45) is 30.0 Å². The molecule has 10 rings (SSSR count). The molecule has 4 aromatic carbocycles. The topological polar surface area (TPSA) is 366 Å². The summed E-state index contributed by atoms with van der Waals surface area (Å²) in [7, 11) is -29.3. The second-order valence-electron chi connectivity index (χ2n) is 20.3. The molecule has 0 amide bonds. The zero-order chi connectivity index (χ0) is 57.5. The summed E-state index contributed by atoms with van der Waals surface area (Å²) in [6.45, 7) is 11.1. The maximum atomic E-state index is 13.9. The Balaban J connectivity index is 1.49. The van der Waals surface area contributed by atoms with Gasteiger partial charge in [0, 0.05) is 43.8 Å².